The summed E-state index contributed by atoms with van der Waals surface area (Å²) in [7, 11) is 3.84. The monoisotopic (exact) mass is 261 g/mol. The number of nitrogens with one attached hydrogen (secondary N) is 1. The third kappa shape index (κ3) is 3.78. The van der Waals surface area contributed by atoms with Crippen LogP contribution in [0.3, 0.4) is 0 Å². The largest absolute Gasteiger partial charge is 0.385 e. The molecule has 1 aromatic carbocycles. The number of methoxy groups -OCH3 is 1. The summed E-state index contributed by atoms with van der Waals surface area (Å²) in [5.74, 6) is 1.17. The molecular formula is C15H23N3O. The van der Waals surface area contributed by atoms with Crippen LogP contribution in [-0.4, -0.2) is 36.4 Å². The van der Waals surface area contributed by atoms with E-state index in [1.807, 2.05) is 6.07 Å². The molecule has 0 atom stereocenters. The highest BCUT2D eigenvalue weighted by Gasteiger charge is 2.05. The number of benzene rings is 1. The van der Waals surface area contributed by atoms with E-state index in [1.165, 1.54) is 11.3 Å². The van der Waals surface area contributed by atoms with E-state index in [1.54, 1.807) is 7.11 Å². The zero-order chi connectivity index (χ0) is 13.5. The molecule has 2 aromatic rings. The number of ether oxygens (including phenoxy) is 1. The number of hydrogen-bond donors (Lipinski definition) is 1. The van der Waals surface area contributed by atoms with Gasteiger partial charge in [0.25, 0.3) is 0 Å². The molecule has 0 fully saturated rings. The van der Waals surface area contributed by atoms with Crippen LogP contribution in [0, 0.1) is 0 Å². The summed E-state index contributed by atoms with van der Waals surface area (Å²) in [4.78, 5) is 4.67. The van der Waals surface area contributed by atoms with Gasteiger partial charge in [0.15, 0.2) is 0 Å². The molecule has 2 rings (SSSR count). The van der Waals surface area contributed by atoms with Crippen molar-refractivity contribution in [3.05, 3.63) is 30.1 Å². The summed E-state index contributed by atoms with van der Waals surface area (Å²) in [6.07, 6.45) is 3.20. The second kappa shape index (κ2) is 7.26. The third-order valence-electron chi connectivity index (χ3n) is 3.34. The van der Waals surface area contributed by atoms with Gasteiger partial charge in [-0.25, -0.2) is 4.98 Å². The van der Waals surface area contributed by atoms with Crippen molar-refractivity contribution in [2.24, 2.45) is 7.05 Å². The van der Waals surface area contributed by atoms with Gasteiger partial charge in [-0.2, -0.15) is 0 Å². The number of imidazole rings is 1. The Bertz CT molecular complexity index is 507. The number of rotatable bonds is 8. The summed E-state index contributed by atoms with van der Waals surface area (Å²) in [5, 5.41) is 3.43. The fourth-order valence-electron chi connectivity index (χ4n) is 2.26. The van der Waals surface area contributed by atoms with E-state index in [4.69, 9.17) is 4.74 Å². The highest BCUT2D eigenvalue weighted by atomic mass is 16.5. The van der Waals surface area contributed by atoms with Gasteiger partial charge in [-0.1, -0.05) is 12.1 Å². The topological polar surface area (TPSA) is 39.1 Å². The lowest BCUT2D eigenvalue weighted by Crippen LogP contribution is -2.18. The molecule has 0 saturated carbocycles. The molecule has 0 aliphatic carbocycles. The number of nitrogens with zero attached hydrogens (tertiary/aromatic N) is 2. The fraction of sp³-hybridized carbons (Fsp3) is 0.533. The van der Waals surface area contributed by atoms with Crippen LogP contribution in [0.5, 0.6) is 0 Å². The Balaban J connectivity index is 1.77. The normalized spacial score (nSPS) is 11.3. The van der Waals surface area contributed by atoms with Crippen molar-refractivity contribution in [3.63, 3.8) is 0 Å². The van der Waals surface area contributed by atoms with Gasteiger partial charge in [0.05, 0.1) is 11.0 Å². The number of aromatic nitrogens is 2. The maximum atomic E-state index is 5.01. The molecule has 0 bridgehead atoms. The van der Waals surface area contributed by atoms with E-state index >= 15 is 0 Å². The van der Waals surface area contributed by atoms with Crippen LogP contribution in [0.1, 0.15) is 18.7 Å². The summed E-state index contributed by atoms with van der Waals surface area (Å²) in [6.45, 7) is 2.89. The van der Waals surface area contributed by atoms with Crippen LogP contribution in [0.25, 0.3) is 11.0 Å². The quantitative estimate of drug-likeness (QED) is 0.740. The fourth-order valence-corrected chi connectivity index (χ4v) is 2.26. The van der Waals surface area contributed by atoms with Gasteiger partial charge in [-0.15, -0.1) is 0 Å². The highest BCUT2D eigenvalue weighted by Crippen LogP contribution is 2.14. The van der Waals surface area contributed by atoms with Crippen molar-refractivity contribution < 1.29 is 4.74 Å². The van der Waals surface area contributed by atoms with Gasteiger partial charge in [0.2, 0.25) is 0 Å². The predicted molar refractivity (Wildman–Crippen MR) is 78.4 cm³/mol. The van der Waals surface area contributed by atoms with Crippen LogP contribution in [0.4, 0.5) is 0 Å². The number of para-hydroxylation sites is 2. The molecule has 4 heteroatoms. The number of hydrogen-bond acceptors (Lipinski definition) is 3. The van der Waals surface area contributed by atoms with Crippen molar-refractivity contribution in [1.82, 2.24) is 14.9 Å². The SMILES string of the molecule is COCCCNCCCc1nc2ccccc2n1C. The van der Waals surface area contributed by atoms with Crippen molar-refractivity contribution >= 4 is 11.0 Å². The molecule has 19 heavy (non-hydrogen) atoms. The smallest absolute Gasteiger partial charge is 0.109 e. The lowest BCUT2D eigenvalue weighted by molar-refractivity contribution is 0.194. The summed E-state index contributed by atoms with van der Waals surface area (Å²) in [5.41, 5.74) is 2.30. The molecule has 0 amide bonds. The first-order chi connectivity index (χ1) is 9.33. The molecular weight excluding hydrogens is 238 g/mol. The predicted octanol–water partition coefficient (Wildman–Crippen LogP) is 2.13. The van der Waals surface area contributed by atoms with E-state index in [9.17, 15) is 0 Å². The van der Waals surface area contributed by atoms with Crippen LogP contribution in [0.15, 0.2) is 24.3 Å². The Kier molecular flexibility index (Phi) is 5.36. The van der Waals surface area contributed by atoms with Crippen LogP contribution in [0.2, 0.25) is 0 Å². The lowest BCUT2D eigenvalue weighted by atomic mass is 10.3. The van der Waals surface area contributed by atoms with E-state index in [0.717, 1.165) is 44.5 Å². The average Bonchev–Trinajstić information content (AvgIpc) is 2.75. The van der Waals surface area contributed by atoms with Crippen LogP contribution >= 0.6 is 0 Å². The first kappa shape index (κ1) is 14.0. The zero-order valence-corrected chi connectivity index (χ0v) is 11.9. The summed E-state index contributed by atoms with van der Waals surface area (Å²) < 4.78 is 7.21. The molecule has 1 heterocycles. The summed E-state index contributed by atoms with van der Waals surface area (Å²) in [6, 6.07) is 8.29. The molecule has 1 aromatic heterocycles. The standard InChI is InChI=1S/C15H23N3O/c1-18-14-8-4-3-7-13(14)17-15(18)9-5-10-16-11-6-12-19-2/h3-4,7-8,16H,5-6,9-12H2,1-2H3. The number of fused-ring (bicyclic) bond motifs is 1. The minimum absolute atomic E-state index is 0.831. The molecule has 0 aliphatic heterocycles. The minimum atomic E-state index is 0.831. The van der Waals surface area contributed by atoms with Gasteiger partial charge >= 0.3 is 0 Å². The lowest BCUT2D eigenvalue weighted by Gasteiger charge is -2.05. The number of aryl methyl sites for hydroxylation is 2. The first-order valence-electron chi connectivity index (χ1n) is 6.93. The summed E-state index contributed by atoms with van der Waals surface area (Å²) >= 11 is 0. The Morgan fingerprint density at radius 2 is 2.00 bits per heavy atom. The molecule has 0 radical (unpaired) electrons. The van der Waals surface area contributed by atoms with Crippen LogP contribution < -0.4 is 5.32 Å². The molecule has 0 spiro atoms. The van der Waals surface area contributed by atoms with Crippen LogP contribution in [-0.2, 0) is 18.2 Å². The van der Waals surface area contributed by atoms with E-state index < -0.39 is 0 Å². The second-order valence-electron chi connectivity index (χ2n) is 4.78. The van der Waals surface area contributed by atoms with Gasteiger partial charge in [0.1, 0.15) is 5.82 Å². The van der Waals surface area contributed by atoms with Gasteiger partial charge < -0.3 is 14.6 Å². The van der Waals surface area contributed by atoms with E-state index in [-0.39, 0.29) is 0 Å². The minimum Gasteiger partial charge on any atom is -0.385 e. The van der Waals surface area contributed by atoms with Gasteiger partial charge in [-0.05, 0) is 38.1 Å². The Hall–Kier alpha value is -1.39. The van der Waals surface area contributed by atoms with E-state index in [0.29, 0.717) is 0 Å². The average molecular weight is 261 g/mol. The molecule has 4 nitrogen and oxygen atoms in total. The zero-order valence-electron chi connectivity index (χ0n) is 11.9. The van der Waals surface area contributed by atoms with Crippen molar-refractivity contribution in [1.29, 1.82) is 0 Å². The second-order valence-corrected chi connectivity index (χ2v) is 4.78. The first-order valence-corrected chi connectivity index (χ1v) is 6.93. The maximum absolute atomic E-state index is 5.01. The molecule has 0 saturated heterocycles. The molecule has 0 aliphatic rings. The third-order valence-corrected chi connectivity index (χ3v) is 3.34. The Morgan fingerprint density at radius 1 is 1.21 bits per heavy atom. The van der Waals surface area contributed by atoms with Gasteiger partial charge in [-0.3, -0.25) is 0 Å². The highest BCUT2D eigenvalue weighted by molar-refractivity contribution is 5.75. The molecule has 104 valence electrons. The molecule has 1 N–H and O–H groups in total. The van der Waals surface area contributed by atoms with Gasteiger partial charge in [0, 0.05) is 27.2 Å². The Morgan fingerprint density at radius 3 is 2.79 bits per heavy atom. The Labute approximate surface area is 114 Å². The van der Waals surface area contributed by atoms with Crippen molar-refractivity contribution in [2.45, 2.75) is 19.3 Å². The molecule has 0 unspecified atom stereocenters. The van der Waals surface area contributed by atoms with E-state index in [2.05, 4.69) is 40.1 Å². The van der Waals surface area contributed by atoms with Crippen molar-refractivity contribution in [2.75, 3.05) is 26.8 Å². The van der Waals surface area contributed by atoms with Crippen molar-refractivity contribution in [3.8, 4) is 0 Å². The maximum Gasteiger partial charge on any atom is 0.109 e.